The van der Waals surface area contributed by atoms with Crippen molar-refractivity contribution < 1.29 is 0 Å². The minimum atomic E-state index is 0.563. The van der Waals surface area contributed by atoms with Crippen LogP contribution in [0.5, 0.6) is 0 Å². The Bertz CT molecular complexity index is 1130. The zero-order chi connectivity index (χ0) is 26.7. The van der Waals surface area contributed by atoms with E-state index in [1.807, 2.05) is 0 Å². The molecule has 1 heteroatoms. The Morgan fingerprint density at radius 2 is 1.63 bits per heavy atom. The van der Waals surface area contributed by atoms with E-state index in [0.29, 0.717) is 16.7 Å². The lowest BCUT2D eigenvalue weighted by Gasteiger charge is -2.61. The monoisotopic (exact) mass is 513 g/mol. The number of para-hydroxylation sites is 1. The molecule has 38 heavy (non-hydrogen) atoms. The maximum absolute atomic E-state index is 5.21. The van der Waals surface area contributed by atoms with E-state index in [0.717, 1.165) is 41.4 Å². The highest BCUT2D eigenvalue weighted by atomic mass is 14.7. The molecule has 208 valence electrons. The molecule has 6 rings (SSSR count). The standard InChI is InChI=1S/C37H55N/c1-24(2)10-9-11-25(3)31-16-17-32-30-15-14-28-23-27(18-20-36(28,5)33(30)19-21-37(31,32)6)35-22-26(4)29-12-7-8-13-34(29)38-35/h7-8,12-13,22,24-25,27-28,30-33H,9-11,14-21,23H2,1-6H3/t25-,27+,28?,30+,31-,32+,33+,36+,37-/m1/s1. The molecular formula is C37H55N. The van der Waals surface area contributed by atoms with Crippen molar-refractivity contribution >= 4 is 10.9 Å². The quantitative estimate of drug-likeness (QED) is 0.374. The molecule has 0 radical (unpaired) electrons. The lowest BCUT2D eigenvalue weighted by molar-refractivity contribution is -0.117. The molecule has 0 spiro atoms. The third kappa shape index (κ3) is 4.47. The Balaban J connectivity index is 1.16. The number of hydrogen-bond acceptors (Lipinski definition) is 1. The number of nitrogens with zero attached hydrogens (tertiary/aromatic N) is 1. The Morgan fingerprint density at radius 3 is 2.45 bits per heavy atom. The van der Waals surface area contributed by atoms with E-state index >= 15 is 0 Å². The van der Waals surface area contributed by atoms with Crippen molar-refractivity contribution in [2.24, 2.45) is 52.3 Å². The smallest absolute Gasteiger partial charge is 0.0708 e. The number of hydrogen-bond donors (Lipinski definition) is 0. The lowest BCUT2D eigenvalue weighted by Crippen LogP contribution is -2.53. The second-order valence-electron chi connectivity index (χ2n) is 15.5. The molecule has 0 N–H and O–H groups in total. The molecule has 9 atom stereocenters. The van der Waals surface area contributed by atoms with Gasteiger partial charge in [0.2, 0.25) is 0 Å². The fourth-order valence-electron chi connectivity index (χ4n) is 11.1. The van der Waals surface area contributed by atoms with Gasteiger partial charge in [0.1, 0.15) is 0 Å². The highest BCUT2D eigenvalue weighted by molar-refractivity contribution is 5.82. The molecule has 0 saturated heterocycles. The van der Waals surface area contributed by atoms with Gasteiger partial charge in [0, 0.05) is 17.0 Å². The van der Waals surface area contributed by atoms with Gasteiger partial charge in [-0.1, -0.05) is 72.1 Å². The van der Waals surface area contributed by atoms with Crippen LogP contribution in [0.4, 0.5) is 0 Å². The Kier molecular flexibility index (Phi) is 7.22. The van der Waals surface area contributed by atoms with Gasteiger partial charge in [-0.15, -0.1) is 0 Å². The van der Waals surface area contributed by atoms with Gasteiger partial charge in [0.25, 0.3) is 0 Å². The van der Waals surface area contributed by atoms with Crippen LogP contribution in [0.3, 0.4) is 0 Å². The fourth-order valence-corrected chi connectivity index (χ4v) is 11.1. The second-order valence-corrected chi connectivity index (χ2v) is 15.5. The Hall–Kier alpha value is -1.37. The van der Waals surface area contributed by atoms with Crippen molar-refractivity contribution in [1.29, 1.82) is 0 Å². The molecule has 1 aromatic carbocycles. The first kappa shape index (κ1) is 26.8. The summed E-state index contributed by atoms with van der Waals surface area (Å²) >= 11 is 0. The number of aromatic nitrogens is 1. The minimum Gasteiger partial charge on any atom is -0.253 e. The van der Waals surface area contributed by atoms with Gasteiger partial charge < -0.3 is 0 Å². The van der Waals surface area contributed by atoms with Crippen LogP contribution < -0.4 is 0 Å². The average Bonchev–Trinajstić information content (AvgIpc) is 3.25. The van der Waals surface area contributed by atoms with Crippen LogP contribution in [0.15, 0.2) is 30.3 Å². The van der Waals surface area contributed by atoms with Crippen molar-refractivity contribution in [2.45, 2.75) is 125 Å². The van der Waals surface area contributed by atoms with Crippen LogP contribution in [0.1, 0.15) is 129 Å². The molecule has 0 amide bonds. The van der Waals surface area contributed by atoms with Crippen molar-refractivity contribution in [3.05, 3.63) is 41.6 Å². The molecule has 0 aliphatic heterocycles. The third-order valence-electron chi connectivity index (χ3n) is 13.2. The third-order valence-corrected chi connectivity index (χ3v) is 13.2. The van der Waals surface area contributed by atoms with E-state index in [1.165, 1.54) is 99.2 Å². The molecule has 1 heterocycles. The van der Waals surface area contributed by atoms with Crippen molar-refractivity contribution in [3.63, 3.8) is 0 Å². The zero-order valence-electron chi connectivity index (χ0n) is 25.4. The highest BCUT2D eigenvalue weighted by Gasteiger charge is 2.60. The molecular weight excluding hydrogens is 458 g/mol. The Labute approximate surface area is 234 Å². The van der Waals surface area contributed by atoms with Crippen LogP contribution >= 0.6 is 0 Å². The van der Waals surface area contributed by atoms with E-state index < -0.39 is 0 Å². The van der Waals surface area contributed by atoms with Crippen molar-refractivity contribution in [2.75, 3.05) is 0 Å². The first-order valence-corrected chi connectivity index (χ1v) is 16.6. The predicted octanol–water partition coefficient (Wildman–Crippen LogP) is 10.7. The molecule has 1 aromatic heterocycles. The fraction of sp³-hybridized carbons (Fsp3) is 0.757. The van der Waals surface area contributed by atoms with Crippen LogP contribution in [0.25, 0.3) is 10.9 Å². The number of benzene rings is 1. The first-order chi connectivity index (χ1) is 18.2. The normalized spacial score (nSPS) is 39.6. The summed E-state index contributed by atoms with van der Waals surface area (Å²) in [6, 6.07) is 11.2. The molecule has 4 aliphatic rings. The highest BCUT2D eigenvalue weighted by Crippen LogP contribution is 2.69. The van der Waals surface area contributed by atoms with Crippen LogP contribution in [0.2, 0.25) is 0 Å². The second kappa shape index (κ2) is 10.2. The van der Waals surface area contributed by atoms with Gasteiger partial charge in [-0.2, -0.15) is 0 Å². The molecule has 0 bridgehead atoms. The summed E-state index contributed by atoms with van der Waals surface area (Å²) in [6.07, 6.45) is 17.5. The largest absolute Gasteiger partial charge is 0.253 e. The molecule has 1 unspecified atom stereocenters. The Morgan fingerprint density at radius 1 is 0.868 bits per heavy atom. The molecule has 1 nitrogen and oxygen atoms in total. The van der Waals surface area contributed by atoms with E-state index in [9.17, 15) is 0 Å². The summed E-state index contributed by atoms with van der Waals surface area (Å²) < 4.78 is 0. The van der Waals surface area contributed by atoms with Gasteiger partial charge in [0.05, 0.1) is 5.52 Å². The van der Waals surface area contributed by atoms with Gasteiger partial charge in [-0.05, 0) is 135 Å². The number of fused-ring (bicyclic) bond motifs is 6. The van der Waals surface area contributed by atoms with Crippen LogP contribution in [-0.2, 0) is 0 Å². The maximum atomic E-state index is 5.21. The molecule has 2 aromatic rings. The average molecular weight is 514 g/mol. The summed E-state index contributed by atoms with van der Waals surface area (Å²) in [6.45, 7) is 15.2. The summed E-state index contributed by atoms with van der Waals surface area (Å²) in [4.78, 5) is 5.21. The first-order valence-electron chi connectivity index (χ1n) is 16.6. The van der Waals surface area contributed by atoms with E-state index in [2.05, 4.69) is 71.9 Å². The summed E-state index contributed by atoms with van der Waals surface area (Å²) in [5.74, 6) is 7.28. The summed E-state index contributed by atoms with van der Waals surface area (Å²) in [7, 11) is 0. The molecule has 4 fully saturated rings. The van der Waals surface area contributed by atoms with Crippen molar-refractivity contribution in [3.8, 4) is 0 Å². The number of rotatable bonds is 6. The van der Waals surface area contributed by atoms with Gasteiger partial charge in [0.15, 0.2) is 0 Å². The maximum Gasteiger partial charge on any atom is 0.0708 e. The zero-order valence-corrected chi connectivity index (χ0v) is 25.4. The van der Waals surface area contributed by atoms with E-state index in [-0.39, 0.29) is 0 Å². The van der Waals surface area contributed by atoms with Gasteiger partial charge >= 0.3 is 0 Å². The lowest BCUT2D eigenvalue weighted by atomic mass is 9.44. The number of pyridine rings is 1. The van der Waals surface area contributed by atoms with Crippen LogP contribution in [0, 0.1) is 59.2 Å². The van der Waals surface area contributed by atoms with E-state index in [1.54, 1.807) is 0 Å². The predicted molar refractivity (Wildman–Crippen MR) is 162 cm³/mol. The van der Waals surface area contributed by atoms with Gasteiger partial charge in [-0.3, -0.25) is 4.98 Å². The molecule has 4 aliphatic carbocycles. The number of aryl methyl sites for hydroxylation is 1. The topological polar surface area (TPSA) is 12.9 Å². The summed E-state index contributed by atoms with van der Waals surface area (Å²) in [5.41, 5.74) is 5.16. The summed E-state index contributed by atoms with van der Waals surface area (Å²) in [5, 5.41) is 1.33. The van der Waals surface area contributed by atoms with E-state index in [4.69, 9.17) is 4.98 Å². The van der Waals surface area contributed by atoms with Crippen LogP contribution in [-0.4, -0.2) is 4.98 Å². The van der Waals surface area contributed by atoms with Gasteiger partial charge in [-0.25, -0.2) is 0 Å². The minimum absolute atomic E-state index is 0.563. The van der Waals surface area contributed by atoms with Crippen molar-refractivity contribution in [1.82, 2.24) is 4.98 Å². The SMILES string of the molecule is Cc1cc([C@H]2CC[C@@]3(C)C(CC[C@H]4[C@@H]5CC[C@H]([C@H](C)CCCC(C)C)[C@@]5(C)CC[C@@H]43)C2)nc2ccccc12. The molecule has 4 saturated carbocycles.